The van der Waals surface area contributed by atoms with Crippen molar-refractivity contribution in [2.24, 2.45) is 0 Å². The second kappa shape index (κ2) is 7.61. The van der Waals surface area contributed by atoms with Gasteiger partial charge in [0, 0.05) is 12.3 Å². The predicted molar refractivity (Wildman–Crippen MR) is 85.8 cm³/mol. The van der Waals surface area contributed by atoms with E-state index in [2.05, 4.69) is 11.8 Å². The number of halogens is 1. The van der Waals surface area contributed by atoms with Gasteiger partial charge < -0.3 is 9.84 Å². The Morgan fingerprint density at radius 2 is 2.05 bits per heavy atom. The molecule has 2 nitrogen and oxygen atoms in total. The summed E-state index contributed by atoms with van der Waals surface area (Å²) in [6, 6.07) is 12.9. The zero-order chi connectivity index (χ0) is 15.1. The second-order valence-electron chi connectivity index (χ2n) is 4.70. The van der Waals surface area contributed by atoms with Crippen molar-refractivity contribution >= 4 is 11.6 Å². The topological polar surface area (TPSA) is 29.5 Å². The molecule has 0 fully saturated rings. The average molecular weight is 301 g/mol. The number of benzene rings is 2. The highest BCUT2D eigenvalue weighted by atomic mass is 35.5. The molecule has 0 aliphatic heterocycles. The number of hydrogen-bond acceptors (Lipinski definition) is 2. The molecule has 108 valence electrons. The first-order chi connectivity index (χ1) is 10.2. The summed E-state index contributed by atoms with van der Waals surface area (Å²) in [7, 11) is 0. The molecule has 0 aliphatic rings. The lowest BCUT2D eigenvalue weighted by Gasteiger charge is -2.09. The van der Waals surface area contributed by atoms with Crippen LogP contribution >= 0.6 is 11.6 Å². The van der Waals surface area contributed by atoms with E-state index in [0.717, 1.165) is 22.4 Å². The third kappa shape index (κ3) is 4.73. The largest absolute Gasteiger partial charge is 0.508 e. The van der Waals surface area contributed by atoms with Crippen molar-refractivity contribution in [1.82, 2.24) is 0 Å². The van der Waals surface area contributed by atoms with Crippen molar-refractivity contribution in [2.45, 2.75) is 20.0 Å². The van der Waals surface area contributed by atoms with E-state index < -0.39 is 0 Å². The first-order valence-electron chi connectivity index (χ1n) is 6.75. The molecule has 0 atom stereocenters. The van der Waals surface area contributed by atoms with Gasteiger partial charge in [0.05, 0.1) is 5.56 Å². The van der Waals surface area contributed by atoms with Gasteiger partial charge in [0.2, 0.25) is 0 Å². The van der Waals surface area contributed by atoms with Crippen LogP contribution in [0.15, 0.2) is 42.5 Å². The normalized spacial score (nSPS) is 9.81. The van der Waals surface area contributed by atoms with Gasteiger partial charge in [-0.2, -0.15) is 0 Å². The zero-order valence-electron chi connectivity index (χ0n) is 11.9. The van der Waals surface area contributed by atoms with Crippen LogP contribution in [0.25, 0.3) is 0 Å². The van der Waals surface area contributed by atoms with Gasteiger partial charge in [0.15, 0.2) is 0 Å². The lowest BCUT2D eigenvalue weighted by molar-refractivity contribution is 0.304. The van der Waals surface area contributed by atoms with Crippen LogP contribution in [0.5, 0.6) is 11.5 Å². The summed E-state index contributed by atoms with van der Waals surface area (Å²) < 4.78 is 5.82. The van der Waals surface area contributed by atoms with Crippen molar-refractivity contribution in [2.75, 3.05) is 5.88 Å². The quantitative estimate of drug-likeness (QED) is 0.675. The molecule has 2 aromatic rings. The van der Waals surface area contributed by atoms with Gasteiger partial charge in [0.1, 0.15) is 18.1 Å². The lowest BCUT2D eigenvalue weighted by Crippen LogP contribution is -1.97. The van der Waals surface area contributed by atoms with Crippen molar-refractivity contribution < 1.29 is 9.84 Å². The van der Waals surface area contributed by atoms with Crippen LogP contribution in [-0.4, -0.2) is 11.0 Å². The van der Waals surface area contributed by atoms with Crippen LogP contribution in [0.2, 0.25) is 0 Å². The lowest BCUT2D eigenvalue weighted by atomic mass is 10.1. The van der Waals surface area contributed by atoms with Crippen LogP contribution < -0.4 is 4.74 Å². The van der Waals surface area contributed by atoms with E-state index in [4.69, 9.17) is 16.3 Å². The minimum absolute atomic E-state index is 0.238. The van der Waals surface area contributed by atoms with E-state index >= 15 is 0 Å². The molecule has 21 heavy (non-hydrogen) atoms. The summed E-state index contributed by atoms with van der Waals surface area (Å²) in [4.78, 5) is 0. The van der Waals surface area contributed by atoms with Crippen molar-refractivity contribution in [3.8, 4) is 23.3 Å². The first kappa shape index (κ1) is 15.3. The summed E-state index contributed by atoms with van der Waals surface area (Å²) >= 11 is 5.64. The van der Waals surface area contributed by atoms with Gasteiger partial charge in [-0.15, -0.1) is 11.6 Å². The molecule has 0 heterocycles. The van der Waals surface area contributed by atoms with Crippen LogP contribution in [0.3, 0.4) is 0 Å². The Bertz CT molecular complexity index is 668. The Labute approximate surface area is 130 Å². The molecule has 0 saturated carbocycles. The third-order valence-electron chi connectivity index (χ3n) is 2.88. The molecule has 0 aliphatic carbocycles. The fourth-order valence-corrected chi connectivity index (χ4v) is 1.97. The van der Waals surface area contributed by atoms with Gasteiger partial charge in [-0.3, -0.25) is 0 Å². The van der Waals surface area contributed by atoms with E-state index in [0.29, 0.717) is 18.9 Å². The fraction of sp³-hybridized carbons (Fsp3) is 0.222. The Morgan fingerprint density at radius 3 is 2.81 bits per heavy atom. The van der Waals surface area contributed by atoms with E-state index in [9.17, 15) is 5.11 Å². The van der Waals surface area contributed by atoms with Gasteiger partial charge in [0.25, 0.3) is 0 Å². The zero-order valence-corrected chi connectivity index (χ0v) is 12.7. The van der Waals surface area contributed by atoms with Gasteiger partial charge in [-0.05, 0) is 42.3 Å². The second-order valence-corrected chi connectivity index (χ2v) is 5.08. The fourth-order valence-electron chi connectivity index (χ4n) is 1.88. The number of phenolic OH excluding ortho intramolecular Hbond substituents is 1. The van der Waals surface area contributed by atoms with Crippen LogP contribution in [0.4, 0.5) is 0 Å². The van der Waals surface area contributed by atoms with Crippen LogP contribution in [-0.2, 0) is 6.61 Å². The molecule has 2 rings (SSSR count). The molecular weight excluding hydrogens is 284 g/mol. The number of hydrogen-bond donors (Lipinski definition) is 1. The number of rotatable bonds is 4. The summed E-state index contributed by atoms with van der Waals surface area (Å²) in [6.07, 6.45) is 0.654. The molecule has 0 radical (unpaired) electrons. The minimum atomic E-state index is 0.238. The van der Waals surface area contributed by atoms with Gasteiger partial charge in [-0.1, -0.05) is 30.0 Å². The number of aryl methyl sites for hydroxylation is 1. The predicted octanol–water partition coefficient (Wildman–Crippen LogP) is 4.26. The molecule has 1 N–H and O–H groups in total. The molecule has 0 saturated heterocycles. The van der Waals surface area contributed by atoms with Crippen molar-refractivity contribution in [3.05, 3.63) is 59.2 Å². The third-order valence-corrected chi connectivity index (χ3v) is 3.07. The van der Waals surface area contributed by atoms with Crippen molar-refractivity contribution in [1.29, 1.82) is 0 Å². The van der Waals surface area contributed by atoms with Gasteiger partial charge in [-0.25, -0.2) is 0 Å². The monoisotopic (exact) mass is 300 g/mol. The Balaban J connectivity index is 2.14. The highest BCUT2D eigenvalue weighted by molar-refractivity contribution is 6.18. The van der Waals surface area contributed by atoms with E-state index in [1.807, 2.05) is 31.2 Å². The maximum atomic E-state index is 9.45. The molecule has 2 aromatic carbocycles. The summed E-state index contributed by atoms with van der Waals surface area (Å²) in [5.41, 5.74) is 2.91. The summed E-state index contributed by atoms with van der Waals surface area (Å²) in [5, 5.41) is 9.45. The first-order valence-corrected chi connectivity index (χ1v) is 7.28. The molecule has 3 heteroatoms. The van der Waals surface area contributed by atoms with Crippen LogP contribution in [0, 0.1) is 18.8 Å². The molecule has 0 bridgehead atoms. The Kier molecular flexibility index (Phi) is 5.54. The summed E-state index contributed by atoms with van der Waals surface area (Å²) in [5.74, 6) is 7.62. The molecule has 0 spiro atoms. The molecule has 0 amide bonds. The smallest absolute Gasteiger partial charge is 0.135 e. The highest BCUT2D eigenvalue weighted by Crippen LogP contribution is 2.21. The Morgan fingerprint density at radius 1 is 1.19 bits per heavy atom. The number of aromatic hydroxyl groups is 1. The Hall–Kier alpha value is -2.11. The molecule has 0 aromatic heterocycles. The van der Waals surface area contributed by atoms with E-state index in [1.165, 1.54) is 0 Å². The number of ether oxygens (including phenoxy) is 1. The van der Waals surface area contributed by atoms with Gasteiger partial charge >= 0.3 is 0 Å². The van der Waals surface area contributed by atoms with E-state index in [-0.39, 0.29) is 5.75 Å². The molecular formula is C18H17ClO2. The molecule has 0 unspecified atom stereocenters. The standard InChI is InChI=1S/C18H17ClO2/c1-14-8-9-18(16(11-14)6-2-3-10-19)21-13-15-5-4-7-17(20)12-15/h4-5,7-9,11-12,20H,3,10,13H2,1H3. The SMILES string of the molecule is Cc1ccc(OCc2cccc(O)c2)c(C#CCCCl)c1. The highest BCUT2D eigenvalue weighted by Gasteiger charge is 2.03. The number of phenols is 1. The summed E-state index contributed by atoms with van der Waals surface area (Å²) in [6.45, 7) is 2.41. The van der Waals surface area contributed by atoms with E-state index in [1.54, 1.807) is 18.2 Å². The maximum Gasteiger partial charge on any atom is 0.135 e. The van der Waals surface area contributed by atoms with Crippen LogP contribution in [0.1, 0.15) is 23.1 Å². The number of alkyl halides is 1. The average Bonchev–Trinajstić information content (AvgIpc) is 2.47. The van der Waals surface area contributed by atoms with Crippen molar-refractivity contribution in [3.63, 3.8) is 0 Å². The minimum Gasteiger partial charge on any atom is -0.508 e. The maximum absolute atomic E-state index is 9.45.